The molecule has 3 N–H and O–H groups in total. The number of carbonyl (C=O) groups excluding carboxylic acids is 3. The summed E-state index contributed by atoms with van der Waals surface area (Å²) in [6, 6.07) is 24.1. The maximum Gasteiger partial charge on any atom is 0.253 e. The van der Waals surface area contributed by atoms with E-state index in [1.54, 1.807) is 35.2 Å². The lowest BCUT2D eigenvalue weighted by molar-refractivity contribution is -0.116. The molecule has 0 bridgehead atoms. The highest BCUT2D eigenvalue weighted by Crippen LogP contribution is 2.16. The van der Waals surface area contributed by atoms with Gasteiger partial charge < -0.3 is 20.9 Å². The lowest BCUT2D eigenvalue weighted by Gasteiger charge is -2.19. The van der Waals surface area contributed by atoms with E-state index in [0.717, 1.165) is 5.56 Å². The minimum absolute atomic E-state index is 0.0413. The van der Waals surface area contributed by atoms with Gasteiger partial charge in [0.2, 0.25) is 11.8 Å². The molecule has 0 aliphatic heterocycles. The molecule has 3 rings (SSSR count). The lowest BCUT2D eigenvalue weighted by Crippen LogP contribution is -2.30. The van der Waals surface area contributed by atoms with E-state index in [1.807, 2.05) is 62.4 Å². The van der Waals surface area contributed by atoms with Crippen LogP contribution in [0.2, 0.25) is 0 Å². The van der Waals surface area contributed by atoms with E-state index >= 15 is 0 Å². The van der Waals surface area contributed by atoms with Crippen molar-refractivity contribution in [1.29, 1.82) is 0 Å². The zero-order valence-electron chi connectivity index (χ0n) is 20.2. The number of hydrogen-bond donors (Lipinski definition) is 3. The monoisotopic (exact) mass is 472 g/mol. The summed E-state index contributed by atoms with van der Waals surface area (Å²) in [5, 5.41) is 8.79. The van der Waals surface area contributed by atoms with Crippen LogP contribution in [-0.2, 0) is 16.0 Å². The van der Waals surface area contributed by atoms with Crippen LogP contribution in [0.15, 0.2) is 78.9 Å². The molecule has 35 heavy (non-hydrogen) atoms. The fourth-order valence-electron chi connectivity index (χ4n) is 3.64. The summed E-state index contributed by atoms with van der Waals surface area (Å²) in [7, 11) is 0. The molecule has 0 aliphatic carbocycles. The second kappa shape index (κ2) is 12.9. The molecular formula is C28H32N4O3. The van der Waals surface area contributed by atoms with E-state index < -0.39 is 0 Å². The smallest absolute Gasteiger partial charge is 0.253 e. The van der Waals surface area contributed by atoms with Crippen molar-refractivity contribution in [3.05, 3.63) is 90.0 Å². The van der Waals surface area contributed by atoms with Gasteiger partial charge >= 0.3 is 0 Å². The molecule has 0 atom stereocenters. The Balaban J connectivity index is 1.50. The van der Waals surface area contributed by atoms with E-state index in [4.69, 9.17) is 0 Å². The highest BCUT2D eigenvalue weighted by Gasteiger charge is 2.13. The van der Waals surface area contributed by atoms with Crippen LogP contribution in [0.4, 0.5) is 17.1 Å². The van der Waals surface area contributed by atoms with Crippen molar-refractivity contribution in [2.75, 3.05) is 35.6 Å². The van der Waals surface area contributed by atoms with Crippen molar-refractivity contribution in [3.8, 4) is 0 Å². The number of nitrogens with zero attached hydrogens (tertiary/aromatic N) is 1. The Hall–Kier alpha value is -4.13. The van der Waals surface area contributed by atoms with Crippen molar-refractivity contribution in [1.82, 2.24) is 4.90 Å². The summed E-state index contributed by atoms with van der Waals surface area (Å²) < 4.78 is 0. The number of rotatable bonds is 11. The number of aryl methyl sites for hydroxylation is 1. The minimum Gasteiger partial charge on any atom is -0.376 e. The molecule has 3 aromatic carbocycles. The Labute approximate surface area is 206 Å². The maximum atomic E-state index is 12.5. The van der Waals surface area contributed by atoms with Gasteiger partial charge in [-0.3, -0.25) is 14.4 Å². The Morgan fingerprint density at radius 1 is 0.714 bits per heavy atom. The summed E-state index contributed by atoms with van der Waals surface area (Å²) in [6.07, 6.45) is 1.06. The van der Waals surface area contributed by atoms with E-state index in [0.29, 0.717) is 48.6 Å². The van der Waals surface area contributed by atoms with Gasteiger partial charge in [-0.15, -0.1) is 0 Å². The van der Waals surface area contributed by atoms with Gasteiger partial charge in [-0.25, -0.2) is 0 Å². The fourth-order valence-corrected chi connectivity index (χ4v) is 3.64. The average molecular weight is 473 g/mol. The van der Waals surface area contributed by atoms with Crippen LogP contribution in [0.3, 0.4) is 0 Å². The van der Waals surface area contributed by atoms with Crippen LogP contribution in [0.1, 0.15) is 36.2 Å². The highest BCUT2D eigenvalue weighted by atomic mass is 16.2. The van der Waals surface area contributed by atoms with Gasteiger partial charge in [0.05, 0.1) is 6.54 Å². The molecule has 0 spiro atoms. The maximum absolute atomic E-state index is 12.5. The van der Waals surface area contributed by atoms with Crippen molar-refractivity contribution in [3.63, 3.8) is 0 Å². The van der Waals surface area contributed by atoms with Gasteiger partial charge in [0, 0.05) is 42.1 Å². The first kappa shape index (κ1) is 25.5. The van der Waals surface area contributed by atoms with Crippen LogP contribution in [0.25, 0.3) is 0 Å². The molecule has 0 fully saturated rings. The normalized spacial score (nSPS) is 10.3. The summed E-state index contributed by atoms with van der Waals surface area (Å²) >= 11 is 0. The van der Waals surface area contributed by atoms with E-state index in [2.05, 4.69) is 16.0 Å². The van der Waals surface area contributed by atoms with Crippen molar-refractivity contribution >= 4 is 34.8 Å². The van der Waals surface area contributed by atoms with E-state index in [9.17, 15) is 14.4 Å². The first-order chi connectivity index (χ1) is 17.0. The van der Waals surface area contributed by atoms with Crippen LogP contribution >= 0.6 is 0 Å². The predicted octanol–water partition coefficient (Wildman–Crippen LogP) is 4.79. The third-order valence-electron chi connectivity index (χ3n) is 5.53. The molecular weight excluding hydrogens is 440 g/mol. The SMILES string of the molecule is CCN(CC)C(=O)c1cccc(NC(=O)CNc2cccc(NC(=O)CCc3ccccc3)c2)c1. The highest BCUT2D eigenvalue weighted by molar-refractivity contribution is 5.98. The molecule has 182 valence electrons. The summed E-state index contributed by atoms with van der Waals surface area (Å²) in [4.78, 5) is 39.0. The first-order valence-electron chi connectivity index (χ1n) is 11.9. The number of carbonyl (C=O) groups is 3. The Bertz CT molecular complexity index is 1140. The molecule has 0 heterocycles. The Morgan fingerprint density at radius 2 is 1.34 bits per heavy atom. The third-order valence-corrected chi connectivity index (χ3v) is 5.53. The van der Waals surface area contributed by atoms with Crippen molar-refractivity contribution < 1.29 is 14.4 Å². The van der Waals surface area contributed by atoms with Crippen molar-refractivity contribution in [2.24, 2.45) is 0 Å². The number of benzene rings is 3. The zero-order chi connectivity index (χ0) is 25.0. The molecule has 7 heteroatoms. The average Bonchev–Trinajstić information content (AvgIpc) is 2.88. The van der Waals surface area contributed by atoms with E-state index in [-0.39, 0.29) is 24.3 Å². The lowest BCUT2D eigenvalue weighted by atomic mass is 10.1. The Kier molecular flexibility index (Phi) is 9.42. The first-order valence-corrected chi connectivity index (χ1v) is 11.9. The number of nitrogens with one attached hydrogen (secondary N) is 3. The molecule has 3 aromatic rings. The van der Waals surface area contributed by atoms with Gasteiger partial charge in [-0.05, 0) is 62.2 Å². The molecule has 0 saturated carbocycles. The minimum atomic E-state index is -0.241. The standard InChI is InChI=1S/C28H32N4O3/c1-3-32(4-2)28(35)22-12-8-14-24(18-22)31-27(34)20-29-23-13-9-15-25(19-23)30-26(33)17-16-21-10-6-5-7-11-21/h5-15,18-19,29H,3-4,16-17,20H2,1-2H3,(H,30,33)(H,31,34). The predicted molar refractivity (Wildman–Crippen MR) is 141 cm³/mol. The molecule has 7 nitrogen and oxygen atoms in total. The topological polar surface area (TPSA) is 90.5 Å². The molecule has 3 amide bonds. The molecule has 0 unspecified atom stereocenters. The second-order valence-electron chi connectivity index (χ2n) is 8.07. The quantitative estimate of drug-likeness (QED) is 0.374. The summed E-state index contributed by atoms with van der Waals surface area (Å²) in [5.74, 6) is -0.371. The van der Waals surface area contributed by atoms with Gasteiger partial charge in [0.25, 0.3) is 5.91 Å². The van der Waals surface area contributed by atoms with Gasteiger partial charge in [-0.2, -0.15) is 0 Å². The third kappa shape index (κ3) is 7.99. The number of amides is 3. The summed E-state index contributed by atoms with van der Waals surface area (Å²) in [5.41, 5.74) is 3.60. The molecule has 0 saturated heterocycles. The van der Waals surface area contributed by atoms with Gasteiger partial charge in [-0.1, -0.05) is 42.5 Å². The van der Waals surface area contributed by atoms with Crippen LogP contribution < -0.4 is 16.0 Å². The van der Waals surface area contributed by atoms with Gasteiger partial charge in [0.15, 0.2) is 0 Å². The summed E-state index contributed by atoms with van der Waals surface area (Å²) in [6.45, 7) is 5.16. The van der Waals surface area contributed by atoms with Crippen molar-refractivity contribution in [2.45, 2.75) is 26.7 Å². The van der Waals surface area contributed by atoms with Crippen LogP contribution in [0.5, 0.6) is 0 Å². The fraction of sp³-hybridized carbons (Fsp3) is 0.250. The van der Waals surface area contributed by atoms with E-state index in [1.165, 1.54) is 0 Å². The van der Waals surface area contributed by atoms with Crippen LogP contribution in [-0.4, -0.2) is 42.3 Å². The van der Waals surface area contributed by atoms with Crippen LogP contribution in [0, 0.1) is 0 Å². The Morgan fingerprint density at radius 3 is 2.06 bits per heavy atom. The van der Waals surface area contributed by atoms with Gasteiger partial charge in [0.1, 0.15) is 0 Å². The largest absolute Gasteiger partial charge is 0.376 e. The molecule has 0 aliphatic rings. The number of anilines is 3. The second-order valence-corrected chi connectivity index (χ2v) is 8.07. The number of hydrogen-bond acceptors (Lipinski definition) is 4. The molecule has 0 aromatic heterocycles. The molecule has 0 radical (unpaired) electrons. The zero-order valence-corrected chi connectivity index (χ0v) is 20.2.